The second kappa shape index (κ2) is 11.2. The predicted molar refractivity (Wildman–Crippen MR) is 134 cm³/mol. The molecule has 2 N–H and O–H groups in total. The van der Waals surface area contributed by atoms with Gasteiger partial charge in [0.1, 0.15) is 5.75 Å². The van der Waals surface area contributed by atoms with Gasteiger partial charge in [-0.3, -0.25) is 14.3 Å². The van der Waals surface area contributed by atoms with Crippen molar-refractivity contribution in [1.82, 2.24) is 20.0 Å². The van der Waals surface area contributed by atoms with Crippen molar-refractivity contribution in [3.05, 3.63) is 53.7 Å². The van der Waals surface area contributed by atoms with Gasteiger partial charge in [-0.05, 0) is 55.2 Å². The SMILES string of the molecule is COCCNC(=O)c1ccc2nn(CC3CCN(C(=O)c4ccc(S(=O)(=O)C(F)(F)F)cc4)CC3)cc2c1O. The van der Waals surface area contributed by atoms with E-state index in [9.17, 15) is 36.3 Å². The summed E-state index contributed by atoms with van der Waals surface area (Å²) in [5.41, 5.74) is -4.65. The third-order valence-corrected chi connectivity index (χ3v) is 8.11. The molecule has 0 bridgehead atoms. The highest BCUT2D eigenvalue weighted by Crippen LogP contribution is 2.31. The number of nitrogens with zero attached hydrogens (tertiary/aromatic N) is 3. The molecule has 1 aromatic heterocycles. The second-order valence-electron chi connectivity index (χ2n) is 9.20. The van der Waals surface area contributed by atoms with Crippen LogP contribution in [0.1, 0.15) is 33.6 Å². The minimum Gasteiger partial charge on any atom is -0.506 e. The lowest BCUT2D eigenvalue weighted by Gasteiger charge is -2.32. The van der Waals surface area contributed by atoms with Gasteiger partial charge in [-0.15, -0.1) is 0 Å². The summed E-state index contributed by atoms with van der Waals surface area (Å²) in [4.78, 5) is 25.8. The molecule has 1 saturated heterocycles. The number of halogens is 3. The zero-order chi connectivity index (χ0) is 28.4. The third-order valence-electron chi connectivity index (χ3n) is 6.61. The molecule has 39 heavy (non-hydrogen) atoms. The number of alkyl halides is 3. The van der Waals surface area contributed by atoms with Crippen LogP contribution in [0.5, 0.6) is 5.75 Å². The Kier molecular flexibility index (Phi) is 8.16. The molecule has 3 aromatic rings. The van der Waals surface area contributed by atoms with Crippen LogP contribution in [-0.4, -0.2) is 78.9 Å². The number of nitrogens with one attached hydrogen (secondary N) is 1. The van der Waals surface area contributed by atoms with Crippen LogP contribution in [0.2, 0.25) is 0 Å². The average molecular weight is 569 g/mol. The van der Waals surface area contributed by atoms with E-state index in [0.717, 1.165) is 24.3 Å². The van der Waals surface area contributed by atoms with Gasteiger partial charge in [0.15, 0.2) is 0 Å². The summed E-state index contributed by atoms with van der Waals surface area (Å²) in [7, 11) is -3.96. The van der Waals surface area contributed by atoms with E-state index in [4.69, 9.17) is 4.74 Å². The number of methoxy groups -OCH3 is 1. The van der Waals surface area contributed by atoms with Crippen molar-refractivity contribution in [3.63, 3.8) is 0 Å². The largest absolute Gasteiger partial charge is 0.506 e. The molecule has 0 aliphatic carbocycles. The van der Waals surface area contributed by atoms with Crippen molar-refractivity contribution in [1.29, 1.82) is 0 Å². The number of benzene rings is 2. The summed E-state index contributed by atoms with van der Waals surface area (Å²) in [6, 6.07) is 6.90. The number of carbonyl (C=O) groups excluding carboxylic acids is 2. The van der Waals surface area contributed by atoms with Gasteiger partial charge in [0, 0.05) is 45.0 Å². The maximum atomic E-state index is 12.8. The molecule has 0 atom stereocenters. The Bertz CT molecular complexity index is 1460. The van der Waals surface area contributed by atoms with Crippen LogP contribution in [-0.2, 0) is 21.1 Å². The molecule has 1 aliphatic rings. The van der Waals surface area contributed by atoms with Crippen molar-refractivity contribution in [2.45, 2.75) is 29.8 Å². The van der Waals surface area contributed by atoms with Gasteiger partial charge >= 0.3 is 5.51 Å². The zero-order valence-electron chi connectivity index (χ0n) is 20.9. The summed E-state index contributed by atoms with van der Waals surface area (Å²) < 4.78 is 67.9. The maximum absolute atomic E-state index is 12.8. The van der Waals surface area contributed by atoms with E-state index in [0.29, 0.717) is 56.5 Å². The Morgan fingerprint density at radius 1 is 1.13 bits per heavy atom. The Balaban J connectivity index is 1.36. The number of fused-ring (bicyclic) bond motifs is 1. The van der Waals surface area contributed by atoms with Gasteiger partial charge in [-0.2, -0.15) is 18.3 Å². The number of aromatic hydroxyl groups is 1. The van der Waals surface area contributed by atoms with Crippen LogP contribution < -0.4 is 5.32 Å². The first-order valence-electron chi connectivity index (χ1n) is 12.1. The lowest BCUT2D eigenvalue weighted by Crippen LogP contribution is -2.39. The molecule has 2 aromatic carbocycles. The highest BCUT2D eigenvalue weighted by Gasteiger charge is 2.46. The lowest BCUT2D eigenvalue weighted by molar-refractivity contribution is -0.0436. The van der Waals surface area contributed by atoms with Gasteiger partial charge in [0.2, 0.25) is 0 Å². The number of piperidine rings is 1. The first kappa shape index (κ1) is 28.4. The molecule has 1 fully saturated rings. The summed E-state index contributed by atoms with van der Waals surface area (Å²) in [5, 5.41) is 18.2. The van der Waals surface area contributed by atoms with E-state index in [-0.39, 0.29) is 22.8 Å². The van der Waals surface area contributed by atoms with Crippen molar-refractivity contribution >= 4 is 32.6 Å². The standard InChI is InChI=1S/C25H27F3N4O6S/c1-38-13-10-29-23(34)19-6-7-21-20(22(19)33)15-32(30-21)14-16-8-11-31(12-9-16)24(35)17-2-4-18(5-3-17)39(36,37)25(26,27)28/h2-7,15-16,33H,8-14H2,1H3,(H,29,34). The first-order valence-corrected chi connectivity index (χ1v) is 13.6. The molecule has 0 saturated carbocycles. The van der Waals surface area contributed by atoms with Crippen LogP contribution in [0.25, 0.3) is 10.9 Å². The van der Waals surface area contributed by atoms with Crippen LogP contribution >= 0.6 is 0 Å². The summed E-state index contributed by atoms with van der Waals surface area (Å²) in [5.74, 6) is -0.812. The lowest BCUT2D eigenvalue weighted by atomic mass is 9.96. The van der Waals surface area contributed by atoms with E-state index in [1.807, 2.05) is 0 Å². The second-order valence-corrected chi connectivity index (χ2v) is 11.1. The average Bonchev–Trinajstić information content (AvgIpc) is 3.32. The van der Waals surface area contributed by atoms with Gasteiger partial charge in [-0.25, -0.2) is 8.42 Å². The van der Waals surface area contributed by atoms with E-state index in [2.05, 4.69) is 10.4 Å². The molecule has 0 radical (unpaired) electrons. The highest BCUT2D eigenvalue weighted by molar-refractivity contribution is 7.92. The molecule has 2 amide bonds. The van der Waals surface area contributed by atoms with Crippen molar-refractivity contribution in [2.24, 2.45) is 5.92 Å². The molecule has 4 rings (SSSR count). The molecule has 10 nitrogen and oxygen atoms in total. The highest BCUT2D eigenvalue weighted by atomic mass is 32.2. The minimum absolute atomic E-state index is 0.102. The van der Waals surface area contributed by atoms with Crippen LogP contribution in [0.4, 0.5) is 13.2 Å². The number of ether oxygens (including phenoxy) is 1. The smallest absolute Gasteiger partial charge is 0.501 e. The van der Waals surface area contributed by atoms with E-state index in [1.54, 1.807) is 21.8 Å². The number of hydrogen-bond acceptors (Lipinski definition) is 7. The predicted octanol–water partition coefficient (Wildman–Crippen LogP) is 2.96. The molecule has 210 valence electrons. The molecular formula is C25H27F3N4O6S. The minimum atomic E-state index is -5.48. The Labute approximate surface area is 222 Å². The number of hydrogen-bond donors (Lipinski definition) is 2. The molecule has 0 spiro atoms. The topological polar surface area (TPSA) is 131 Å². The van der Waals surface area contributed by atoms with Crippen LogP contribution in [0.3, 0.4) is 0 Å². The Hall–Kier alpha value is -3.65. The zero-order valence-corrected chi connectivity index (χ0v) is 21.8. The molecule has 0 unspecified atom stereocenters. The summed E-state index contributed by atoms with van der Waals surface area (Å²) in [6.07, 6.45) is 2.95. The number of aromatic nitrogens is 2. The van der Waals surface area contributed by atoms with Gasteiger partial charge < -0.3 is 20.1 Å². The Morgan fingerprint density at radius 2 is 1.79 bits per heavy atom. The summed E-state index contributed by atoms with van der Waals surface area (Å²) in [6.45, 7) is 1.98. The molecular weight excluding hydrogens is 541 g/mol. The van der Waals surface area contributed by atoms with E-state index >= 15 is 0 Å². The molecule has 2 heterocycles. The quantitative estimate of drug-likeness (QED) is 0.400. The monoisotopic (exact) mass is 568 g/mol. The van der Waals surface area contributed by atoms with Crippen molar-refractivity contribution in [3.8, 4) is 5.75 Å². The van der Waals surface area contributed by atoms with Gasteiger partial charge in [0.25, 0.3) is 21.7 Å². The number of rotatable bonds is 8. The number of sulfone groups is 1. The van der Waals surface area contributed by atoms with Crippen molar-refractivity contribution < 1.29 is 41.0 Å². The summed E-state index contributed by atoms with van der Waals surface area (Å²) >= 11 is 0. The number of phenolic OH excluding ortho intramolecular Hbond substituents is 1. The van der Waals surface area contributed by atoms with Crippen LogP contribution in [0.15, 0.2) is 47.5 Å². The number of phenols is 1. The van der Waals surface area contributed by atoms with Gasteiger partial charge in [-0.1, -0.05) is 0 Å². The fourth-order valence-electron chi connectivity index (χ4n) is 4.44. The fourth-order valence-corrected chi connectivity index (χ4v) is 5.20. The molecule has 1 aliphatic heterocycles. The molecule has 14 heteroatoms. The van der Waals surface area contributed by atoms with Crippen molar-refractivity contribution in [2.75, 3.05) is 33.4 Å². The number of carbonyl (C=O) groups is 2. The Morgan fingerprint density at radius 3 is 2.41 bits per heavy atom. The number of amides is 2. The first-order chi connectivity index (χ1) is 18.4. The number of likely N-dealkylation sites (tertiary alicyclic amines) is 1. The maximum Gasteiger partial charge on any atom is 0.501 e. The fraction of sp³-hybridized carbons (Fsp3) is 0.400. The van der Waals surface area contributed by atoms with Gasteiger partial charge in [0.05, 0.1) is 28.0 Å². The van der Waals surface area contributed by atoms with E-state index in [1.165, 1.54) is 13.2 Å². The normalized spacial score (nSPS) is 15.0. The van der Waals surface area contributed by atoms with Crippen LogP contribution in [0, 0.1) is 5.92 Å². The third kappa shape index (κ3) is 6.01. The van der Waals surface area contributed by atoms with E-state index < -0.39 is 32.1 Å².